The highest BCUT2D eigenvalue weighted by Crippen LogP contribution is 2.02. The largest absolute Gasteiger partial charge is 0.385 e. The van der Waals surface area contributed by atoms with Gasteiger partial charge in [0.1, 0.15) is 0 Å². The minimum atomic E-state index is 0.744. The summed E-state index contributed by atoms with van der Waals surface area (Å²) in [5, 5.41) is 3.39. The molecule has 0 aliphatic rings. The predicted octanol–water partition coefficient (Wildman–Crippen LogP) is 1.63. The minimum Gasteiger partial charge on any atom is -0.385 e. The van der Waals surface area contributed by atoms with E-state index >= 15 is 0 Å². The van der Waals surface area contributed by atoms with Gasteiger partial charge in [0.05, 0.1) is 6.61 Å². The topological polar surface area (TPSA) is 30.5 Å². The predicted molar refractivity (Wildman–Crippen MR) is 67.7 cm³/mol. The molecule has 15 heavy (non-hydrogen) atoms. The Morgan fingerprint density at radius 2 is 2.07 bits per heavy atom. The first kappa shape index (κ1) is 15.2. The molecule has 0 aromatic carbocycles. The quantitative estimate of drug-likeness (QED) is 0.551. The Hall–Kier alpha value is 0.230. The summed E-state index contributed by atoms with van der Waals surface area (Å²) in [6, 6.07) is 0. The lowest BCUT2D eigenvalue weighted by Gasteiger charge is -2.11. The zero-order valence-electron chi connectivity index (χ0n) is 10.3. The Labute approximate surface area is 98.3 Å². The maximum atomic E-state index is 5.43. The van der Waals surface area contributed by atoms with Crippen LogP contribution < -0.4 is 5.32 Å². The fourth-order valence-electron chi connectivity index (χ4n) is 1.24. The van der Waals surface area contributed by atoms with Crippen molar-refractivity contribution in [3.8, 4) is 0 Å². The summed E-state index contributed by atoms with van der Waals surface area (Å²) in [4.78, 5) is 0. The number of methoxy groups -OCH3 is 1. The van der Waals surface area contributed by atoms with Crippen LogP contribution in [0.5, 0.6) is 0 Å². The van der Waals surface area contributed by atoms with Crippen molar-refractivity contribution in [2.45, 2.75) is 13.3 Å². The van der Waals surface area contributed by atoms with E-state index in [0.29, 0.717) is 0 Å². The molecule has 0 spiro atoms. The molecular weight excluding hydrogens is 210 g/mol. The zero-order valence-corrected chi connectivity index (χ0v) is 11.1. The Bertz CT molecular complexity index is 125. The molecule has 0 fully saturated rings. The van der Waals surface area contributed by atoms with Crippen LogP contribution in [0.15, 0.2) is 0 Å². The molecule has 0 aliphatic carbocycles. The summed E-state index contributed by atoms with van der Waals surface area (Å²) < 4.78 is 10.4. The van der Waals surface area contributed by atoms with Gasteiger partial charge >= 0.3 is 0 Å². The Balaban J connectivity index is 2.98. The van der Waals surface area contributed by atoms with E-state index in [1.807, 2.05) is 11.8 Å². The van der Waals surface area contributed by atoms with Crippen molar-refractivity contribution in [3.05, 3.63) is 0 Å². The van der Waals surface area contributed by atoms with Crippen molar-refractivity contribution in [1.29, 1.82) is 0 Å². The molecule has 3 nitrogen and oxygen atoms in total. The Morgan fingerprint density at radius 1 is 1.27 bits per heavy atom. The van der Waals surface area contributed by atoms with Gasteiger partial charge in [0.2, 0.25) is 0 Å². The van der Waals surface area contributed by atoms with E-state index in [-0.39, 0.29) is 0 Å². The van der Waals surface area contributed by atoms with Crippen molar-refractivity contribution in [2.24, 2.45) is 5.92 Å². The normalized spacial score (nSPS) is 13.0. The third-order valence-electron chi connectivity index (χ3n) is 2.00. The molecule has 1 atom stereocenters. The average Bonchev–Trinajstić information content (AvgIpc) is 2.22. The maximum absolute atomic E-state index is 5.43. The summed E-state index contributed by atoms with van der Waals surface area (Å²) >= 11 is 1.90. The van der Waals surface area contributed by atoms with E-state index in [9.17, 15) is 0 Å². The summed E-state index contributed by atoms with van der Waals surface area (Å²) in [6.45, 7) is 6.70. The average molecular weight is 235 g/mol. The molecule has 0 amide bonds. The van der Waals surface area contributed by atoms with Crippen molar-refractivity contribution in [2.75, 3.05) is 52.0 Å². The van der Waals surface area contributed by atoms with Gasteiger partial charge in [-0.15, -0.1) is 0 Å². The fraction of sp³-hybridized carbons (Fsp3) is 1.00. The second-order valence-corrected chi connectivity index (χ2v) is 4.63. The van der Waals surface area contributed by atoms with Crippen molar-refractivity contribution >= 4 is 11.8 Å². The lowest BCUT2D eigenvalue weighted by atomic mass is 10.2. The molecular formula is C11H25NO2S. The number of hydrogen-bond donors (Lipinski definition) is 1. The molecule has 92 valence electrons. The van der Waals surface area contributed by atoms with Gasteiger partial charge in [0.25, 0.3) is 0 Å². The van der Waals surface area contributed by atoms with Gasteiger partial charge in [-0.05, 0) is 30.9 Å². The van der Waals surface area contributed by atoms with Crippen LogP contribution in [-0.4, -0.2) is 52.0 Å². The molecule has 0 heterocycles. The molecule has 4 heteroatoms. The van der Waals surface area contributed by atoms with E-state index in [4.69, 9.17) is 9.47 Å². The van der Waals surface area contributed by atoms with Crippen LogP contribution in [-0.2, 0) is 9.47 Å². The van der Waals surface area contributed by atoms with E-state index in [1.54, 1.807) is 7.11 Å². The van der Waals surface area contributed by atoms with Crippen molar-refractivity contribution in [1.82, 2.24) is 5.32 Å². The molecule has 0 saturated heterocycles. The lowest BCUT2D eigenvalue weighted by Crippen LogP contribution is -2.26. The standard InChI is InChI=1S/C11H25NO2S/c1-11(10-15-3)9-12-5-8-14-7-4-6-13-2/h11-12H,4-10H2,1-3H3. The van der Waals surface area contributed by atoms with Crippen LogP contribution in [0, 0.1) is 5.92 Å². The van der Waals surface area contributed by atoms with Gasteiger partial charge in [0, 0.05) is 26.9 Å². The molecule has 0 radical (unpaired) electrons. The smallest absolute Gasteiger partial charge is 0.0590 e. The molecule has 0 aromatic rings. The first-order valence-electron chi connectivity index (χ1n) is 5.57. The molecule has 0 saturated carbocycles. The zero-order chi connectivity index (χ0) is 11.4. The highest BCUT2D eigenvalue weighted by atomic mass is 32.2. The molecule has 0 aliphatic heterocycles. The van der Waals surface area contributed by atoms with Crippen LogP contribution in [0.4, 0.5) is 0 Å². The summed E-state index contributed by atoms with van der Waals surface area (Å²) in [5.41, 5.74) is 0. The van der Waals surface area contributed by atoms with Gasteiger partial charge in [-0.2, -0.15) is 11.8 Å². The fourth-order valence-corrected chi connectivity index (χ4v) is 1.93. The van der Waals surface area contributed by atoms with Gasteiger partial charge in [-0.1, -0.05) is 6.92 Å². The van der Waals surface area contributed by atoms with Gasteiger partial charge in [-0.3, -0.25) is 0 Å². The summed E-state index contributed by atoms with van der Waals surface area (Å²) in [7, 11) is 1.72. The first-order chi connectivity index (χ1) is 7.31. The third kappa shape index (κ3) is 12.2. The molecule has 0 rings (SSSR count). The van der Waals surface area contributed by atoms with Crippen LogP contribution in [0.2, 0.25) is 0 Å². The van der Waals surface area contributed by atoms with Crippen LogP contribution in [0.25, 0.3) is 0 Å². The highest BCUT2D eigenvalue weighted by molar-refractivity contribution is 7.98. The van der Waals surface area contributed by atoms with Crippen molar-refractivity contribution < 1.29 is 9.47 Å². The summed E-state index contributed by atoms with van der Waals surface area (Å²) in [6.07, 6.45) is 3.13. The molecule has 1 N–H and O–H groups in total. The molecule has 0 aromatic heterocycles. The third-order valence-corrected chi connectivity index (χ3v) is 2.91. The SMILES string of the molecule is COCCCOCCNCC(C)CSC. The lowest BCUT2D eigenvalue weighted by molar-refractivity contribution is 0.104. The van der Waals surface area contributed by atoms with Gasteiger partial charge in [-0.25, -0.2) is 0 Å². The van der Waals surface area contributed by atoms with Gasteiger partial charge < -0.3 is 14.8 Å². The van der Waals surface area contributed by atoms with Crippen LogP contribution in [0.3, 0.4) is 0 Å². The van der Waals surface area contributed by atoms with E-state index in [0.717, 1.165) is 45.2 Å². The number of rotatable bonds is 11. The number of nitrogens with one attached hydrogen (secondary N) is 1. The second kappa shape index (κ2) is 12.3. The first-order valence-corrected chi connectivity index (χ1v) is 6.97. The Kier molecular flexibility index (Phi) is 12.5. The van der Waals surface area contributed by atoms with E-state index < -0.39 is 0 Å². The van der Waals surface area contributed by atoms with E-state index in [2.05, 4.69) is 18.5 Å². The number of ether oxygens (including phenoxy) is 2. The highest BCUT2D eigenvalue weighted by Gasteiger charge is 1.99. The van der Waals surface area contributed by atoms with Gasteiger partial charge in [0.15, 0.2) is 0 Å². The molecule has 0 bridgehead atoms. The number of thioether (sulfide) groups is 1. The van der Waals surface area contributed by atoms with Crippen molar-refractivity contribution in [3.63, 3.8) is 0 Å². The minimum absolute atomic E-state index is 0.744. The maximum Gasteiger partial charge on any atom is 0.0590 e. The van der Waals surface area contributed by atoms with Crippen LogP contribution in [0.1, 0.15) is 13.3 Å². The number of hydrogen-bond acceptors (Lipinski definition) is 4. The monoisotopic (exact) mass is 235 g/mol. The molecule has 1 unspecified atom stereocenters. The summed E-state index contributed by atoms with van der Waals surface area (Å²) in [5.74, 6) is 1.97. The van der Waals surface area contributed by atoms with Crippen LogP contribution >= 0.6 is 11.8 Å². The second-order valence-electron chi connectivity index (χ2n) is 3.72. The van der Waals surface area contributed by atoms with E-state index in [1.165, 1.54) is 5.75 Å². The Morgan fingerprint density at radius 3 is 2.73 bits per heavy atom.